The van der Waals surface area contributed by atoms with Gasteiger partial charge in [0.05, 0.1) is 5.56 Å². The predicted molar refractivity (Wildman–Crippen MR) is 106 cm³/mol. The minimum atomic E-state index is 0.0705. The zero-order valence-corrected chi connectivity index (χ0v) is 15.9. The molecule has 1 N–H and O–H groups in total. The smallest absolute Gasteiger partial charge is 0.255 e. The number of nitrogens with one attached hydrogen (secondary N) is 1. The number of carbonyl (C=O) groups is 1. The first kappa shape index (κ1) is 18.4. The minimum absolute atomic E-state index is 0.0705. The maximum Gasteiger partial charge on any atom is 0.255 e. The summed E-state index contributed by atoms with van der Waals surface area (Å²) in [6.07, 6.45) is 1.67. The van der Waals surface area contributed by atoms with E-state index in [9.17, 15) is 4.79 Å². The topological polar surface area (TPSA) is 48.5 Å². The molecule has 0 bridgehead atoms. The molecule has 0 radical (unpaired) electrons. The Labute approximate surface area is 156 Å². The number of anilines is 2. The highest BCUT2D eigenvalue weighted by Gasteiger charge is 2.21. The number of rotatable bonds is 5. The van der Waals surface area contributed by atoms with Crippen LogP contribution in [0.2, 0.25) is 0 Å². The Hall–Kier alpha value is -2.40. The van der Waals surface area contributed by atoms with E-state index in [1.807, 2.05) is 17.0 Å². The molecule has 5 heteroatoms. The van der Waals surface area contributed by atoms with E-state index in [2.05, 4.69) is 60.2 Å². The van der Waals surface area contributed by atoms with Crippen LogP contribution < -0.4 is 5.32 Å². The lowest BCUT2D eigenvalue weighted by atomic mass is 10.0. The van der Waals surface area contributed by atoms with Gasteiger partial charge in [0, 0.05) is 38.1 Å². The van der Waals surface area contributed by atoms with Crippen molar-refractivity contribution >= 4 is 17.4 Å². The van der Waals surface area contributed by atoms with Gasteiger partial charge in [0.25, 0.3) is 5.91 Å². The third kappa shape index (κ3) is 4.41. The van der Waals surface area contributed by atoms with E-state index in [0.29, 0.717) is 11.5 Å². The molecule has 1 saturated heterocycles. The Kier molecular flexibility index (Phi) is 5.89. The Morgan fingerprint density at radius 2 is 1.77 bits per heavy atom. The number of hydrogen-bond donors (Lipinski definition) is 1. The normalized spacial score (nSPS) is 15.3. The second-order valence-electron chi connectivity index (χ2n) is 7.06. The lowest BCUT2D eigenvalue weighted by Gasteiger charge is -2.34. The number of likely N-dealkylation sites (N-methyl/N-ethyl adjacent to an activating group) is 1. The molecule has 1 fully saturated rings. The van der Waals surface area contributed by atoms with Crippen LogP contribution in [0.25, 0.3) is 0 Å². The van der Waals surface area contributed by atoms with E-state index in [4.69, 9.17) is 0 Å². The fraction of sp³-hybridized carbons (Fsp3) is 0.429. The standard InChI is InChI=1S/C21H28N4O/c1-4-24-11-13-25(14-12-24)21(26)18-7-10-20(22-15-18)23-19-8-5-17(6-9-19)16(2)3/h5-10,15-16H,4,11-14H2,1-3H3,(H,22,23). The number of benzene rings is 1. The highest BCUT2D eigenvalue weighted by molar-refractivity contribution is 5.94. The van der Waals surface area contributed by atoms with Gasteiger partial charge in [0.15, 0.2) is 0 Å². The lowest BCUT2D eigenvalue weighted by Crippen LogP contribution is -2.48. The fourth-order valence-corrected chi connectivity index (χ4v) is 3.14. The van der Waals surface area contributed by atoms with Crippen LogP contribution in [-0.2, 0) is 0 Å². The van der Waals surface area contributed by atoms with E-state index in [-0.39, 0.29) is 5.91 Å². The number of carbonyl (C=O) groups excluding carboxylic acids is 1. The largest absolute Gasteiger partial charge is 0.340 e. The van der Waals surface area contributed by atoms with Gasteiger partial charge in [-0.2, -0.15) is 0 Å². The summed E-state index contributed by atoms with van der Waals surface area (Å²) in [4.78, 5) is 21.3. The van der Waals surface area contributed by atoms with Crippen molar-refractivity contribution in [2.24, 2.45) is 0 Å². The predicted octanol–water partition coefficient (Wildman–Crippen LogP) is 3.73. The summed E-state index contributed by atoms with van der Waals surface area (Å²) in [5.74, 6) is 1.34. The molecular formula is C21H28N4O. The second-order valence-corrected chi connectivity index (χ2v) is 7.06. The summed E-state index contributed by atoms with van der Waals surface area (Å²) in [5.41, 5.74) is 2.96. The molecule has 2 heterocycles. The van der Waals surface area contributed by atoms with Crippen LogP contribution in [0.3, 0.4) is 0 Å². The molecule has 26 heavy (non-hydrogen) atoms. The molecule has 0 unspecified atom stereocenters. The molecule has 0 aliphatic carbocycles. The van der Waals surface area contributed by atoms with Crippen LogP contribution in [0.5, 0.6) is 0 Å². The van der Waals surface area contributed by atoms with Crippen LogP contribution in [-0.4, -0.2) is 53.4 Å². The van der Waals surface area contributed by atoms with Gasteiger partial charge in [-0.25, -0.2) is 4.98 Å². The number of hydrogen-bond acceptors (Lipinski definition) is 4. The van der Waals surface area contributed by atoms with Gasteiger partial charge in [-0.1, -0.05) is 32.9 Å². The van der Waals surface area contributed by atoms with Gasteiger partial charge < -0.3 is 15.1 Å². The SMILES string of the molecule is CCN1CCN(C(=O)c2ccc(Nc3ccc(C(C)C)cc3)nc2)CC1. The molecule has 0 saturated carbocycles. The zero-order chi connectivity index (χ0) is 18.5. The first-order chi connectivity index (χ1) is 12.6. The van der Waals surface area contributed by atoms with Gasteiger partial charge in [-0.15, -0.1) is 0 Å². The number of aromatic nitrogens is 1. The Bertz CT molecular complexity index is 717. The average molecular weight is 352 g/mol. The summed E-state index contributed by atoms with van der Waals surface area (Å²) >= 11 is 0. The van der Waals surface area contributed by atoms with Crippen molar-refractivity contribution in [1.29, 1.82) is 0 Å². The summed E-state index contributed by atoms with van der Waals surface area (Å²) < 4.78 is 0. The average Bonchev–Trinajstić information content (AvgIpc) is 2.68. The molecule has 3 rings (SSSR count). The summed E-state index contributed by atoms with van der Waals surface area (Å²) in [7, 11) is 0. The molecule has 2 aromatic rings. The first-order valence-corrected chi connectivity index (χ1v) is 9.41. The summed E-state index contributed by atoms with van der Waals surface area (Å²) in [5, 5.41) is 3.29. The third-order valence-corrected chi connectivity index (χ3v) is 4.97. The van der Waals surface area contributed by atoms with E-state index in [1.54, 1.807) is 6.20 Å². The molecule has 1 aromatic carbocycles. The van der Waals surface area contributed by atoms with Crippen molar-refractivity contribution in [3.05, 3.63) is 53.7 Å². The summed E-state index contributed by atoms with van der Waals surface area (Å²) in [6.45, 7) is 11.0. The fourth-order valence-electron chi connectivity index (χ4n) is 3.14. The second kappa shape index (κ2) is 8.32. The molecule has 1 aliphatic rings. The third-order valence-electron chi connectivity index (χ3n) is 4.97. The van der Waals surface area contributed by atoms with Crippen molar-refractivity contribution in [3.63, 3.8) is 0 Å². The van der Waals surface area contributed by atoms with E-state index in [0.717, 1.165) is 44.2 Å². The zero-order valence-electron chi connectivity index (χ0n) is 15.9. The van der Waals surface area contributed by atoms with Crippen LogP contribution in [0, 0.1) is 0 Å². The molecule has 1 aliphatic heterocycles. The van der Waals surface area contributed by atoms with E-state index in [1.165, 1.54) is 5.56 Å². The van der Waals surface area contributed by atoms with Crippen molar-refractivity contribution in [2.45, 2.75) is 26.7 Å². The highest BCUT2D eigenvalue weighted by Crippen LogP contribution is 2.20. The molecule has 1 amide bonds. The summed E-state index contributed by atoms with van der Waals surface area (Å²) in [6, 6.07) is 12.1. The van der Waals surface area contributed by atoms with Crippen LogP contribution in [0.4, 0.5) is 11.5 Å². The molecule has 0 spiro atoms. The van der Waals surface area contributed by atoms with E-state index < -0.39 is 0 Å². The number of amides is 1. The van der Waals surface area contributed by atoms with Crippen LogP contribution in [0.15, 0.2) is 42.6 Å². The van der Waals surface area contributed by atoms with Crippen molar-refractivity contribution in [2.75, 3.05) is 38.0 Å². The van der Waals surface area contributed by atoms with E-state index >= 15 is 0 Å². The van der Waals surface area contributed by atoms with Crippen molar-refractivity contribution in [3.8, 4) is 0 Å². The van der Waals surface area contributed by atoms with Gasteiger partial charge in [-0.05, 0) is 42.3 Å². The number of pyridine rings is 1. The molecule has 1 aromatic heterocycles. The lowest BCUT2D eigenvalue weighted by molar-refractivity contribution is 0.0643. The molecular weight excluding hydrogens is 324 g/mol. The molecule has 0 atom stereocenters. The van der Waals surface area contributed by atoms with Gasteiger partial charge in [0.1, 0.15) is 5.82 Å². The Morgan fingerprint density at radius 1 is 1.08 bits per heavy atom. The van der Waals surface area contributed by atoms with Gasteiger partial charge in [-0.3, -0.25) is 4.79 Å². The monoisotopic (exact) mass is 352 g/mol. The molecule has 138 valence electrons. The van der Waals surface area contributed by atoms with Crippen LogP contribution in [0.1, 0.15) is 42.6 Å². The Morgan fingerprint density at radius 3 is 2.31 bits per heavy atom. The van der Waals surface area contributed by atoms with Gasteiger partial charge in [0.2, 0.25) is 0 Å². The highest BCUT2D eigenvalue weighted by atomic mass is 16.2. The van der Waals surface area contributed by atoms with Crippen molar-refractivity contribution < 1.29 is 4.79 Å². The maximum atomic E-state index is 12.6. The Balaban J connectivity index is 1.60. The number of piperazine rings is 1. The minimum Gasteiger partial charge on any atom is -0.340 e. The number of nitrogens with zero attached hydrogens (tertiary/aromatic N) is 3. The molecule has 5 nitrogen and oxygen atoms in total. The maximum absolute atomic E-state index is 12.6. The van der Waals surface area contributed by atoms with Crippen molar-refractivity contribution in [1.82, 2.24) is 14.8 Å². The van der Waals surface area contributed by atoms with Gasteiger partial charge >= 0.3 is 0 Å². The first-order valence-electron chi connectivity index (χ1n) is 9.41. The quantitative estimate of drug-likeness (QED) is 0.891. The van der Waals surface area contributed by atoms with Crippen LogP contribution >= 0.6 is 0 Å².